The van der Waals surface area contributed by atoms with Crippen molar-refractivity contribution in [2.75, 3.05) is 5.32 Å². The highest BCUT2D eigenvalue weighted by molar-refractivity contribution is 5.49. The summed E-state index contributed by atoms with van der Waals surface area (Å²) >= 11 is 0. The predicted octanol–water partition coefficient (Wildman–Crippen LogP) is 2.56. The van der Waals surface area contributed by atoms with Gasteiger partial charge in [-0.2, -0.15) is 9.61 Å². The third-order valence-corrected chi connectivity index (χ3v) is 3.26. The number of anilines is 1. The fourth-order valence-corrected chi connectivity index (χ4v) is 2.05. The summed E-state index contributed by atoms with van der Waals surface area (Å²) in [5.74, 6) is 1.28. The molecule has 0 aliphatic heterocycles. The van der Waals surface area contributed by atoms with Gasteiger partial charge < -0.3 is 5.32 Å². The summed E-state index contributed by atoms with van der Waals surface area (Å²) in [6.07, 6.45) is 5.31. The van der Waals surface area contributed by atoms with Gasteiger partial charge in [0.2, 0.25) is 0 Å². The quantitative estimate of drug-likeness (QED) is 0.796. The Morgan fingerprint density at radius 2 is 2.10 bits per heavy atom. The minimum atomic E-state index is 0.365. The molecular weight excluding hydrogens is 264 g/mol. The molecule has 3 aromatic rings. The summed E-state index contributed by atoms with van der Waals surface area (Å²) < 4.78 is 1.80. The molecule has 6 nitrogen and oxygen atoms in total. The molecule has 3 rings (SSSR count). The molecule has 6 heteroatoms. The third kappa shape index (κ3) is 2.84. The lowest BCUT2D eigenvalue weighted by molar-refractivity contribution is 0.807. The Bertz CT molecular complexity index is 744. The van der Waals surface area contributed by atoms with Gasteiger partial charge >= 0.3 is 0 Å². The molecule has 3 heterocycles. The summed E-state index contributed by atoms with van der Waals surface area (Å²) in [4.78, 5) is 13.2. The second kappa shape index (κ2) is 5.47. The molecule has 0 fully saturated rings. The predicted molar refractivity (Wildman–Crippen MR) is 81.2 cm³/mol. The topological polar surface area (TPSA) is 68.0 Å². The molecule has 0 unspecified atom stereocenters. The Morgan fingerprint density at radius 1 is 1.24 bits per heavy atom. The maximum absolute atomic E-state index is 4.59. The molecule has 108 valence electrons. The summed E-state index contributed by atoms with van der Waals surface area (Å²) in [6.45, 7) is 6.79. The Kier molecular flexibility index (Phi) is 3.51. The first-order chi connectivity index (χ1) is 10.1. The Morgan fingerprint density at radius 3 is 2.81 bits per heavy atom. The lowest BCUT2D eigenvalue weighted by atomic mass is 10.1. The molecule has 0 amide bonds. The highest BCUT2D eigenvalue weighted by atomic mass is 15.3. The van der Waals surface area contributed by atoms with E-state index in [4.69, 9.17) is 0 Å². The normalized spacial score (nSPS) is 11.2. The maximum atomic E-state index is 4.59. The van der Waals surface area contributed by atoms with E-state index in [9.17, 15) is 0 Å². The van der Waals surface area contributed by atoms with Crippen LogP contribution in [-0.2, 0) is 6.54 Å². The molecule has 21 heavy (non-hydrogen) atoms. The molecule has 0 bridgehead atoms. The van der Waals surface area contributed by atoms with Gasteiger partial charge in [-0.3, -0.25) is 9.97 Å². The van der Waals surface area contributed by atoms with Crippen LogP contribution in [0.15, 0.2) is 30.7 Å². The highest BCUT2D eigenvalue weighted by Gasteiger charge is 2.09. The van der Waals surface area contributed by atoms with Gasteiger partial charge in [-0.05, 0) is 12.8 Å². The minimum absolute atomic E-state index is 0.365. The van der Waals surface area contributed by atoms with Gasteiger partial charge in [-0.1, -0.05) is 13.8 Å². The second-order valence-corrected chi connectivity index (χ2v) is 5.32. The van der Waals surface area contributed by atoms with Gasteiger partial charge in [0.25, 0.3) is 0 Å². The number of rotatable bonds is 4. The largest absolute Gasteiger partial charge is 0.364 e. The average Bonchev–Trinajstić information content (AvgIpc) is 2.94. The average molecular weight is 282 g/mol. The van der Waals surface area contributed by atoms with E-state index in [0.29, 0.717) is 12.5 Å². The summed E-state index contributed by atoms with van der Waals surface area (Å²) in [6, 6.07) is 3.94. The lowest BCUT2D eigenvalue weighted by Gasteiger charge is -2.11. The first-order valence-corrected chi connectivity index (χ1v) is 6.99. The van der Waals surface area contributed by atoms with Crippen LogP contribution in [0.4, 0.5) is 5.82 Å². The van der Waals surface area contributed by atoms with Crippen molar-refractivity contribution in [1.82, 2.24) is 24.6 Å². The van der Waals surface area contributed by atoms with Gasteiger partial charge in [-0.25, -0.2) is 4.98 Å². The van der Waals surface area contributed by atoms with E-state index in [1.165, 1.54) is 0 Å². The van der Waals surface area contributed by atoms with Crippen LogP contribution in [0.3, 0.4) is 0 Å². The minimum Gasteiger partial charge on any atom is -0.364 e. The van der Waals surface area contributed by atoms with E-state index in [-0.39, 0.29) is 0 Å². The monoisotopic (exact) mass is 282 g/mol. The first-order valence-electron chi connectivity index (χ1n) is 6.99. The number of hydrogen-bond donors (Lipinski definition) is 1. The maximum Gasteiger partial charge on any atom is 0.157 e. The van der Waals surface area contributed by atoms with Gasteiger partial charge in [0, 0.05) is 24.0 Å². The summed E-state index contributed by atoms with van der Waals surface area (Å²) in [7, 11) is 0. The molecule has 3 aromatic heterocycles. The van der Waals surface area contributed by atoms with Crippen molar-refractivity contribution in [3.8, 4) is 0 Å². The Balaban J connectivity index is 1.88. The first kappa shape index (κ1) is 13.5. The number of nitrogens with one attached hydrogen (secondary N) is 1. The molecular formula is C15H18N6. The van der Waals surface area contributed by atoms with Crippen molar-refractivity contribution < 1.29 is 0 Å². The molecule has 0 atom stereocenters. The van der Waals surface area contributed by atoms with Crippen LogP contribution in [0.2, 0.25) is 0 Å². The van der Waals surface area contributed by atoms with Crippen LogP contribution in [0.1, 0.15) is 36.8 Å². The van der Waals surface area contributed by atoms with E-state index >= 15 is 0 Å². The van der Waals surface area contributed by atoms with Crippen molar-refractivity contribution in [3.63, 3.8) is 0 Å². The zero-order valence-electron chi connectivity index (χ0n) is 12.4. The number of hydrogen-bond acceptors (Lipinski definition) is 5. The number of fused-ring (bicyclic) bond motifs is 1. The van der Waals surface area contributed by atoms with Crippen LogP contribution in [-0.4, -0.2) is 24.6 Å². The standard InChI is InChI=1S/C15H18N6/c1-10(2)13-6-15(21-14(20-13)4-5-19-21)18-9-12-8-16-11(3)7-17-12/h4-8,10,18H,9H2,1-3H3. The molecule has 0 aromatic carbocycles. The third-order valence-electron chi connectivity index (χ3n) is 3.26. The lowest BCUT2D eigenvalue weighted by Crippen LogP contribution is -2.09. The fourth-order valence-electron chi connectivity index (χ4n) is 2.05. The van der Waals surface area contributed by atoms with Crippen molar-refractivity contribution in [2.45, 2.75) is 33.2 Å². The number of nitrogens with zero attached hydrogens (tertiary/aromatic N) is 5. The van der Waals surface area contributed by atoms with E-state index in [1.54, 1.807) is 23.1 Å². The van der Waals surface area contributed by atoms with Crippen molar-refractivity contribution >= 4 is 11.5 Å². The van der Waals surface area contributed by atoms with E-state index in [2.05, 4.69) is 39.2 Å². The van der Waals surface area contributed by atoms with E-state index in [1.807, 2.05) is 19.1 Å². The molecule has 1 N–H and O–H groups in total. The van der Waals surface area contributed by atoms with Crippen LogP contribution in [0, 0.1) is 6.92 Å². The van der Waals surface area contributed by atoms with Gasteiger partial charge in [0.15, 0.2) is 5.65 Å². The van der Waals surface area contributed by atoms with Crippen LogP contribution >= 0.6 is 0 Å². The molecule has 0 aliphatic rings. The number of aromatic nitrogens is 5. The fraction of sp³-hybridized carbons (Fsp3) is 0.333. The second-order valence-electron chi connectivity index (χ2n) is 5.32. The number of aryl methyl sites for hydroxylation is 1. The highest BCUT2D eigenvalue weighted by Crippen LogP contribution is 2.18. The van der Waals surface area contributed by atoms with Crippen LogP contribution < -0.4 is 5.32 Å². The zero-order valence-corrected chi connectivity index (χ0v) is 12.4. The zero-order chi connectivity index (χ0) is 14.8. The van der Waals surface area contributed by atoms with Crippen LogP contribution in [0.5, 0.6) is 0 Å². The molecule has 0 spiro atoms. The molecule has 0 radical (unpaired) electrons. The van der Waals surface area contributed by atoms with Gasteiger partial charge in [-0.15, -0.1) is 0 Å². The molecule has 0 aliphatic carbocycles. The van der Waals surface area contributed by atoms with Crippen molar-refractivity contribution in [1.29, 1.82) is 0 Å². The van der Waals surface area contributed by atoms with Crippen molar-refractivity contribution in [2.24, 2.45) is 0 Å². The van der Waals surface area contributed by atoms with E-state index < -0.39 is 0 Å². The Hall–Kier alpha value is -2.50. The van der Waals surface area contributed by atoms with Crippen LogP contribution in [0.25, 0.3) is 5.65 Å². The van der Waals surface area contributed by atoms with E-state index in [0.717, 1.165) is 28.5 Å². The van der Waals surface area contributed by atoms with Gasteiger partial charge in [0.05, 0.1) is 30.3 Å². The smallest absolute Gasteiger partial charge is 0.157 e. The molecule has 0 saturated carbocycles. The van der Waals surface area contributed by atoms with Crippen molar-refractivity contribution in [3.05, 3.63) is 47.8 Å². The van der Waals surface area contributed by atoms with Gasteiger partial charge in [0.1, 0.15) is 5.82 Å². The molecule has 0 saturated heterocycles. The Labute approximate surface area is 123 Å². The SMILES string of the molecule is Cc1cnc(CNc2cc(C(C)C)nc3ccnn23)cn1. The summed E-state index contributed by atoms with van der Waals surface area (Å²) in [5.41, 5.74) is 3.70. The summed E-state index contributed by atoms with van der Waals surface area (Å²) in [5, 5.41) is 7.66.